The fourth-order valence-electron chi connectivity index (χ4n) is 3.05. The van der Waals surface area contributed by atoms with Crippen LogP contribution in [0.2, 0.25) is 0 Å². The van der Waals surface area contributed by atoms with Gasteiger partial charge in [-0.1, -0.05) is 29.5 Å². The molecule has 0 aliphatic heterocycles. The number of rotatable bonds is 4. The molecule has 0 aliphatic carbocycles. The number of nitrogens with zero attached hydrogens (tertiary/aromatic N) is 2. The lowest BCUT2D eigenvalue weighted by Gasteiger charge is -2.19. The van der Waals surface area contributed by atoms with Gasteiger partial charge in [0.05, 0.1) is 28.6 Å². The number of fused-ring (bicyclic) bond motifs is 1. The second kappa shape index (κ2) is 7.44. The van der Waals surface area contributed by atoms with Crippen molar-refractivity contribution in [3.8, 4) is 0 Å². The lowest BCUT2D eigenvalue weighted by molar-refractivity contribution is 0.0982. The Hall–Kier alpha value is -2.19. The van der Waals surface area contributed by atoms with Crippen molar-refractivity contribution >= 4 is 55.2 Å². The first kappa shape index (κ1) is 18.2. The number of aryl methyl sites for hydroxylation is 2. The molecule has 4 rings (SSSR count). The van der Waals surface area contributed by atoms with Crippen LogP contribution in [0, 0.1) is 17.4 Å². The summed E-state index contributed by atoms with van der Waals surface area (Å²) < 4.78 is 7.52. The number of benzene rings is 2. The summed E-state index contributed by atoms with van der Waals surface area (Å²) in [5, 5.41) is 0.680. The predicted molar refractivity (Wildman–Crippen MR) is 117 cm³/mol. The molecule has 2 aromatic carbocycles. The number of amides is 1. The van der Waals surface area contributed by atoms with E-state index in [0.717, 1.165) is 19.5 Å². The van der Waals surface area contributed by atoms with E-state index in [-0.39, 0.29) is 5.91 Å². The Morgan fingerprint density at radius 1 is 1.19 bits per heavy atom. The topological polar surface area (TPSA) is 46.3 Å². The molecule has 0 N–H and O–H groups in total. The first-order valence-corrected chi connectivity index (χ1v) is 10.4. The molecular weight excluding hydrogens is 471 g/mol. The number of anilines is 1. The van der Waals surface area contributed by atoms with E-state index >= 15 is 0 Å². The highest BCUT2D eigenvalue weighted by atomic mass is 127. The Morgan fingerprint density at radius 3 is 2.74 bits per heavy atom. The minimum atomic E-state index is -0.0789. The molecule has 2 heterocycles. The van der Waals surface area contributed by atoms with Crippen LogP contribution in [0.25, 0.3) is 10.2 Å². The average molecular weight is 488 g/mol. The van der Waals surface area contributed by atoms with Gasteiger partial charge in [0.1, 0.15) is 5.76 Å². The molecule has 6 heteroatoms. The zero-order valence-corrected chi connectivity index (χ0v) is 17.9. The first-order chi connectivity index (χ1) is 13.0. The molecule has 0 bridgehead atoms. The molecule has 27 heavy (non-hydrogen) atoms. The zero-order chi connectivity index (χ0) is 19.0. The largest absolute Gasteiger partial charge is 0.467 e. The maximum absolute atomic E-state index is 13.4. The summed E-state index contributed by atoms with van der Waals surface area (Å²) in [7, 11) is 0. The predicted octanol–water partition coefficient (Wildman–Crippen LogP) is 5.96. The van der Waals surface area contributed by atoms with Crippen LogP contribution in [0.15, 0.2) is 59.2 Å². The van der Waals surface area contributed by atoms with E-state index in [1.54, 1.807) is 22.5 Å². The van der Waals surface area contributed by atoms with E-state index in [0.29, 0.717) is 17.2 Å². The molecule has 0 saturated carbocycles. The number of carbonyl (C=O) groups excluding carboxylic acids is 1. The van der Waals surface area contributed by atoms with Gasteiger partial charge in [-0.05, 0) is 77.9 Å². The van der Waals surface area contributed by atoms with Crippen LogP contribution in [0.1, 0.15) is 27.2 Å². The first-order valence-electron chi connectivity index (χ1n) is 8.49. The SMILES string of the molecule is Cc1cc(C)c2sc(N(Cc3ccco3)C(=O)c3ccccc3I)nc2c1. The third-order valence-electron chi connectivity index (χ3n) is 4.28. The summed E-state index contributed by atoms with van der Waals surface area (Å²) in [6, 6.07) is 15.5. The van der Waals surface area contributed by atoms with Gasteiger partial charge in [0.15, 0.2) is 5.13 Å². The van der Waals surface area contributed by atoms with Crippen molar-refractivity contribution < 1.29 is 9.21 Å². The Kier molecular flexibility index (Phi) is 5.01. The van der Waals surface area contributed by atoms with Crippen molar-refractivity contribution in [1.82, 2.24) is 4.98 Å². The van der Waals surface area contributed by atoms with Gasteiger partial charge in [0, 0.05) is 3.57 Å². The zero-order valence-electron chi connectivity index (χ0n) is 14.9. The third kappa shape index (κ3) is 3.64. The molecule has 4 nitrogen and oxygen atoms in total. The van der Waals surface area contributed by atoms with E-state index in [9.17, 15) is 4.79 Å². The number of furan rings is 1. The summed E-state index contributed by atoms with van der Waals surface area (Å²) >= 11 is 3.74. The molecule has 1 amide bonds. The van der Waals surface area contributed by atoms with Gasteiger partial charge in [0.2, 0.25) is 0 Å². The average Bonchev–Trinajstić information content (AvgIpc) is 3.29. The number of halogens is 1. The van der Waals surface area contributed by atoms with Crippen LogP contribution in [0.4, 0.5) is 5.13 Å². The van der Waals surface area contributed by atoms with E-state index < -0.39 is 0 Å². The second-order valence-electron chi connectivity index (χ2n) is 6.38. The van der Waals surface area contributed by atoms with E-state index in [1.165, 1.54) is 11.1 Å². The van der Waals surface area contributed by atoms with E-state index in [1.807, 2.05) is 36.4 Å². The molecule has 0 atom stereocenters. The fourth-order valence-corrected chi connectivity index (χ4v) is 4.68. The second-order valence-corrected chi connectivity index (χ2v) is 8.52. The normalized spacial score (nSPS) is 11.1. The highest BCUT2D eigenvalue weighted by molar-refractivity contribution is 14.1. The Bertz CT molecular complexity index is 1120. The van der Waals surface area contributed by atoms with Crippen LogP contribution in [0.3, 0.4) is 0 Å². The van der Waals surface area contributed by atoms with Crippen molar-refractivity contribution in [3.63, 3.8) is 0 Å². The Labute approximate surface area is 175 Å². The van der Waals surface area contributed by atoms with Crippen LogP contribution in [0.5, 0.6) is 0 Å². The van der Waals surface area contributed by atoms with Crippen LogP contribution in [-0.4, -0.2) is 10.9 Å². The van der Waals surface area contributed by atoms with Crippen LogP contribution in [-0.2, 0) is 6.54 Å². The van der Waals surface area contributed by atoms with Crippen molar-refractivity contribution in [2.24, 2.45) is 0 Å². The van der Waals surface area contributed by atoms with Crippen molar-refractivity contribution in [1.29, 1.82) is 0 Å². The smallest absolute Gasteiger partial charge is 0.261 e. The molecule has 0 unspecified atom stereocenters. The highest BCUT2D eigenvalue weighted by Crippen LogP contribution is 2.34. The van der Waals surface area contributed by atoms with Crippen molar-refractivity contribution in [2.45, 2.75) is 20.4 Å². The molecule has 0 radical (unpaired) electrons. The summed E-state index contributed by atoms with van der Waals surface area (Å²) in [5.74, 6) is 0.645. The van der Waals surface area contributed by atoms with Gasteiger partial charge in [-0.25, -0.2) is 4.98 Å². The third-order valence-corrected chi connectivity index (χ3v) is 6.45. The van der Waals surface area contributed by atoms with Gasteiger partial charge < -0.3 is 4.42 Å². The van der Waals surface area contributed by atoms with E-state index in [4.69, 9.17) is 9.40 Å². The maximum Gasteiger partial charge on any atom is 0.261 e. The number of hydrogen-bond donors (Lipinski definition) is 0. The summed E-state index contributed by atoms with van der Waals surface area (Å²) in [4.78, 5) is 19.8. The number of thiazole rings is 1. The van der Waals surface area contributed by atoms with Crippen molar-refractivity contribution in [2.75, 3.05) is 4.90 Å². The number of carbonyl (C=O) groups is 1. The molecule has 4 aromatic rings. The summed E-state index contributed by atoms with van der Waals surface area (Å²) in [6.45, 7) is 4.48. The van der Waals surface area contributed by atoms with Gasteiger partial charge in [-0.15, -0.1) is 0 Å². The molecule has 0 aliphatic rings. The number of hydrogen-bond acceptors (Lipinski definition) is 4. The Balaban J connectivity index is 1.82. The van der Waals surface area contributed by atoms with E-state index in [2.05, 4.69) is 48.6 Å². The minimum Gasteiger partial charge on any atom is -0.467 e. The molecule has 0 spiro atoms. The van der Waals surface area contributed by atoms with Crippen LogP contribution >= 0.6 is 33.9 Å². The van der Waals surface area contributed by atoms with Gasteiger partial charge >= 0.3 is 0 Å². The number of aromatic nitrogens is 1. The Morgan fingerprint density at radius 2 is 2.00 bits per heavy atom. The standard InChI is InChI=1S/C21H17IN2O2S/c1-13-10-14(2)19-18(11-13)23-21(27-19)24(12-15-6-5-9-26-15)20(25)16-7-3-4-8-17(16)22/h3-11H,12H2,1-2H3. The van der Waals surface area contributed by atoms with Gasteiger partial charge in [-0.2, -0.15) is 0 Å². The van der Waals surface area contributed by atoms with Gasteiger partial charge in [0.25, 0.3) is 5.91 Å². The van der Waals surface area contributed by atoms with Crippen LogP contribution < -0.4 is 4.90 Å². The fraction of sp³-hybridized carbons (Fsp3) is 0.143. The van der Waals surface area contributed by atoms with Crippen molar-refractivity contribution in [3.05, 3.63) is 80.8 Å². The quantitative estimate of drug-likeness (QED) is 0.333. The summed E-state index contributed by atoms with van der Waals surface area (Å²) in [5.41, 5.74) is 3.93. The van der Waals surface area contributed by atoms with Gasteiger partial charge in [-0.3, -0.25) is 9.69 Å². The molecule has 0 saturated heterocycles. The lowest BCUT2D eigenvalue weighted by Crippen LogP contribution is -2.30. The maximum atomic E-state index is 13.4. The molecule has 2 aromatic heterocycles. The molecule has 0 fully saturated rings. The minimum absolute atomic E-state index is 0.0789. The molecule has 136 valence electrons. The monoisotopic (exact) mass is 488 g/mol. The molecular formula is C21H17IN2O2S. The summed E-state index contributed by atoms with van der Waals surface area (Å²) in [6.07, 6.45) is 1.62. The lowest BCUT2D eigenvalue weighted by atomic mass is 10.1. The highest BCUT2D eigenvalue weighted by Gasteiger charge is 2.24.